The molecule has 108 valence electrons. The number of aliphatic hydroxyl groups is 1. The van der Waals surface area contributed by atoms with Gasteiger partial charge in [-0.25, -0.2) is 4.79 Å². The molecule has 0 radical (unpaired) electrons. The van der Waals surface area contributed by atoms with Crippen LogP contribution < -0.4 is 0 Å². The summed E-state index contributed by atoms with van der Waals surface area (Å²) in [5.41, 5.74) is 0.293. The van der Waals surface area contributed by atoms with Gasteiger partial charge < -0.3 is 15.1 Å². The van der Waals surface area contributed by atoms with E-state index in [1.807, 2.05) is 0 Å². The summed E-state index contributed by atoms with van der Waals surface area (Å²) >= 11 is 0. The molecule has 1 amide bonds. The van der Waals surface area contributed by atoms with Crippen molar-refractivity contribution in [2.75, 3.05) is 13.2 Å². The third-order valence-corrected chi connectivity index (χ3v) is 3.72. The van der Waals surface area contributed by atoms with Crippen molar-refractivity contribution in [1.82, 2.24) is 4.90 Å². The Hall–Kier alpha value is -1.88. The van der Waals surface area contributed by atoms with E-state index in [2.05, 4.69) is 0 Å². The third-order valence-electron chi connectivity index (χ3n) is 3.72. The van der Waals surface area contributed by atoms with Crippen molar-refractivity contribution >= 4 is 11.9 Å². The predicted molar refractivity (Wildman–Crippen MR) is 73.8 cm³/mol. The molecule has 0 bridgehead atoms. The number of nitrogens with zero attached hydrogens (tertiary/aromatic N) is 1. The van der Waals surface area contributed by atoms with Gasteiger partial charge in [0.25, 0.3) is 5.91 Å². The number of aliphatic hydroxyl groups excluding tert-OH is 1. The van der Waals surface area contributed by atoms with Gasteiger partial charge in [-0.15, -0.1) is 0 Å². The Balaban J connectivity index is 2.20. The predicted octanol–water partition coefficient (Wildman–Crippen LogP) is 1.76. The number of hydrogen-bond acceptors (Lipinski definition) is 3. The van der Waals surface area contributed by atoms with Gasteiger partial charge in [-0.2, -0.15) is 0 Å². The number of hydrogen-bond donors (Lipinski definition) is 2. The van der Waals surface area contributed by atoms with E-state index in [9.17, 15) is 9.59 Å². The number of carbonyl (C=O) groups excluding carboxylic acids is 1. The largest absolute Gasteiger partial charge is 0.478 e. The molecule has 1 fully saturated rings. The summed E-state index contributed by atoms with van der Waals surface area (Å²) in [5, 5.41) is 18.1. The van der Waals surface area contributed by atoms with Crippen molar-refractivity contribution in [3.8, 4) is 0 Å². The SMILES string of the molecule is O=C(O)c1ccccc1C(=O)N1CCCC1CCCO. The number of carbonyl (C=O) groups is 2. The molecule has 5 nitrogen and oxygen atoms in total. The second-order valence-electron chi connectivity index (χ2n) is 5.01. The van der Waals surface area contributed by atoms with Crippen molar-refractivity contribution in [3.05, 3.63) is 35.4 Å². The molecule has 1 aliphatic rings. The van der Waals surface area contributed by atoms with Gasteiger partial charge >= 0.3 is 5.97 Å². The zero-order valence-corrected chi connectivity index (χ0v) is 11.3. The highest BCUT2D eigenvalue weighted by Gasteiger charge is 2.30. The summed E-state index contributed by atoms with van der Waals surface area (Å²) in [7, 11) is 0. The van der Waals surface area contributed by atoms with Gasteiger partial charge in [-0.05, 0) is 37.8 Å². The number of amides is 1. The number of carboxylic acids is 1. The summed E-state index contributed by atoms with van der Waals surface area (Å²) in [5.74, 6) is -1.30. The minimum absolute atomic E-state index is 0.0466. The molecule has 1 aromatic carbocycles. The minimum Gasteiger partial charge on any atom is -0.478 e. The smallest absolute Gasteiger partial charge is 0.336 e. The molecule has 1 unspecified atom stereocenters. The minimum atomic E-state index is -1.08. The molecule has 0 aliphatic carbocycles. The van der Waals surface area contributed by atoms with Crippen LogP contribution >= 0.6 is 0 Å². The maximum Gasteiger partial charge on any atom is 0.336 e. The number of likely N-dealkylation sites (tertiary alicyclic amines) is 1. The molecule has 1 aromatic rings. The second-order valence-corrected chi connectivity index (χ2v) is 5.01. The molecule has 0 aromatic heterocycles. The number of carboxylic acid groups (broad SMARTS) is 1. The topological polar surface area (TPSA) is 77.8 Å². The van der Waals surface area contributed by atoms with Gasteiger partial charge in [-0.3, -0.25) is 4.79 Å². The quantitative estimate of drug-likeness (QED) is 0.859. The molecular weight excluding hydrogens is 258 g/mol. The molecule has 2 N–H and O–H groups in total. The lowest BCUT2D eigenvalue weighted by Crippen LogP contribution is -2.36. The van der Waals surface area contributed by atoms with E-state index >= 15 is 0 Å². The average Bonchev–Trinajstić information content (AvgIpc) is 2.92. The Bertz CT molecular complexity index is 500. The summed E-state index contributed by atoms with van der Waals surface area (Å²) in [6.45, 7) is 0.771. The van der Waals surface area contributed by atoms with Crippen LogP contribution in [0.1, 0.15) is 46.4 Å². The van der Waals surface area contributed by atoms with Gasteiger partial charge in [0.2, 0.25) is 0 Å². The first kappa shape index (κ1) is 14.5. The van der Waals surface area contributed by atoms with Crippen LogP contribution in [0.4, 0.5) is 0 Å². The monoisotopic (exact) mass is 277 g/mol. The van der Waals surface area contributed by atoms with E-state index in [-0.39, 0.29) is 29.7 Å². The maximum absolute atomic E-state index is 12.5. The molecule has 5 heteroatoms. The fourth-order valence-electron chi connectivity index (χ4n) is 2.74. The van der Waals surface area contributed by atoms with Gasteiger partial charge in [0.05, 0.1) is 11.1 Å². The molecule has 1 aliphatic heterocycles. The number of benzene rings is 1. The van der Waals surface area contributed by atoms with Crippen molar-refractivity contribution in [2.24, 2.45) is 0 Å². The summed E-state index contributed by atoms with van der Waals surface area (Å²) < 4.78 is 0. The van der Waals surface area contributed by atoms with Crippen LogP contribution in [0, 0.1) is 0 Å². The summed E-state index contributed by atoms with van der Waals surface area (Å²) in [6, 6.07) is 6.42. The fourth-order valence-corrected chi connectivity index (χ4v) is 2.74. The van der Waals surface area contributed by atoms with Gasteiger partial charge in [-0.1, -0.05) is 12.1 Å². The Kier molecular flexibility index (Phi) is 4.74. The first-order valence-corrected chi connectivity index (χ1v) is 6.89. The highest BCUT2D eigenvalue weighted by Crippen LogP contribution is 2.24. The van der Waals surface area contributed by atoms with E-state index in [4.69, 9.17) is 10.2 Å². The number of aromatic carboxylic acids is 1. The van der Waals surface area contributed by atoms with E-state index in [0.29, 0.717) is 13.0 Å². The highest BCUT2D eigenvalue weighted by atomic mass is 16.4. The van der Waals surface area contributed by atoms with Gasteiger partial charge in [0.15, 0.2) is 0 Å². The van der Waals surface area contributed by atoms with Crippen LogP contribution in [0.5, 0.6) is 0 Å². The average molecular weight is 277 g/mol. The lowest BCUT2D eigenvalue weighted by molar-refractivity contribution is 0.0666. The van der Waals surface area contributed by atoms with E-state index < -0.39 is 5.97 Å². The Morgan fingerprint density at radius 2 is 1.95 bits per heavy atom. The van der Waals surface area contributed by atoms with Crippen molar-refractivity contribution in [1.29, 1.82) is 0 Å². The van der Waals surface area contributed by atoms with Gasteiger partial charge in [0, 0.05) is 19.2 Å². The molecule has 1 saturated heterocycles. The number of rotatable bonds is 5. The Morgan fingerprint density at radius 3 is 2.60 bits per heavy atom. The van der Waals surface area contributed by atoms with Crippen LogP contribution in [0.15, 0.2) is 24.3 Å². The van der Waals surface area contributed by atoms with E-state index in [1.54, 1.807) is 23.1 Å². The summed E-state index contributed by atoms with van der Waals surface area (Å²) in [4.78, 5) is 25.5. The highest BCUT2D eigenvalue weighted by molar-refractivity contribution is 6.04. The molecule has 1 atom stereocenters. The first-order valence-electron chi connectivity index (χ1n) is 6.89. The third kappa shape index (κ3) is 2.99. The molecular formula is C15H19NO4. The zero-order chi connectivity index (χ0) is 14.5. The van der Waals surface area contributed by atoms with Crippen LogP contribution in [-0.4, -0.2) is 46.2 Å². The maximum atomic E-state index is 12.5. The van der Waals surface area contributed by atoms with Gasteiger partial charge in [0.1, 0.15) is 0 Å². The first-order chi connectivity index (χ1) is 9.65. The standard InChI is InChI=1S/C15H19NO4/c17-10-4-6-11-5-3-9-16(11)14(18)12-7-1-2-8-13(12)15(19)20/h1-2,7-8,11,17H,3-6,9-10H2,(H,19,20). The van der Waals surface area contributed by atoms with E-state index in [1.165, 1.54) is 6.07 Å². The van der Waals surface area contributed by atoms with E-state index in [0.717, 1.165) is 19.3 Å². The molecule has 2 rings (SSSR count). The normalized spacial score (nSPS) is 18.2. The molecule has 20 heavy (non-hydrogen) atoms. The van der Waals surface area contributed by atoms with Crippen LogP contribution in [0.3, 0.4) is 0 Å². The Morgan fingerprint density at radius 1 is 1.25 bits per heavy atom. The van der Waals surface area contributed by atoms with Crippen LogP contribution in [0.25, 0.3) is 0 Å². The second kappa shape index (κ2) is 6.52. The van der Waals surface area contributed by atoms with Crippen LogP contribution in [-0.2, 0) is 0 Å². The van der Waals surface area contributed by atoms with Crippen molar-refractivity contribution in [2.45, 2.75) is 31.7 Å². The summed E-state index contributed by atoms with van der Waals surface area (Å²) in [6.07, 6.45) is 3.27. The zero-order valence-electron chi connectivity index (χ0n) is 11.3. The van der Waals surface area contributed by atoms with Crippen molar-refractivity contribution < 1.29 is 19.8 Å². The van der Waals surface area contributed by atoms with Crippen LogP contribution in [0.2, 0.25) is 0 Å². The molecule has 0 spiro atoms. The Labute approximate surface area is 117 Å². The lowest BCUT2D eigenvalue weighted by atomic mass is 10.0. The van der Waals surface area contributed by atoms with Crippen molar-refractivity contribution in [3.63, 3.8) is 0 Å². The molecule has 0 saturated carbocycles. The fraction of sp³-hybridized carbons (Fsp3) is 0.467. The molecule has 1 heterocycles. The lowest BCUT2D eigenvalue weighted by Gasteiger charge is -2.25.